The molecule has 136 valence electrons. The average molecular weight is 347 g/mol. The molecule has 1 aromatic rings. The van der Waals surface area contributed by atoms with E-state index in [0.717, 1.165) is 27.8 Å². The first kappa shape index (κ1) is 20.3. The molecule has 0 aliphatic rings. The summed E-state index contributed by atoms with van der Waals surface area (Å²) in [6.45, 7) is 7.56. The lowest BCUT2D eigenvalue weighted by Gasteiger charge is -2.17. The van der Waals surface area contributed by atoms with Crippen LogP contribution < -0.4 is 21.6 Å². The van der Waals surface area contributed by atoms with Crippen molar-refractivity contribution in [3.63, 3.8) is 0 Å². The van der Waals surface area contributed by atoms with Gasteiger partial charge in [0, 0.05) is 25.2 Å². The fourth-order valence-corrected chi connectivity index (χ4v) is 2.54. The molecule has 0 unspecified atom stereocenters. The van der Waals surface area contributed by atoms with Crippen LogP contribution in [0, 0.1) is 27.7 Å². The Balaban J connectivity index is 3.02. The molecule has 0 fully saturated rings. The highest BCUT2D eigenvalue weighted by atomic mass is 16.2. The number of hydrogen-bond acceptors (Lipinski definition) is 5. The minimum atomic E-state index is -0.519. The number of amides is 3. The summed E-state index contributed by atoms with van der Waals surface area (Å²) in [5, 5.41) is 6.58. The molecule has 0 bridgehead atoms. The summed E-state index contributed by atoms with van der Waals surface area (Å²) < 4.78 is 0. The fourth-order valence-electron chi connectivity index (χ4n) is 2.54. The van der Waals surface area contributed by atoms with E-state index in [1.807, 2.05) is 27.7 Å². The standard InChI is InChI=1S/C17H25N5O3/c1-9-11(3)16(17(25)18-5)12(4)10(2)13(9)8-20-22-15(24)7-14(23)21-19-6/h8,19H,7H2,1-6H3,(H,18,25)(H,21,23)(H,22,24)/b20-8+. The normalized spacial score (nSPS) is 10.6. The van der Waals surface area contributed by atoms with Crippen molar-refractivity contribution in [1.29, 1.82) is 0 Å². The van der Waals surface area contributed by atoms with Crippen LogP contribution in [-0.4, -0.2) is 38.0 Å². The summed E-state index contributed by atoms with van der Waals surface area (Å²) >= 11 is 0. The topological polar surface area (TPSA) is 112 Å². The lowest BCUT2D eigenvalue weighted by molar-refractivity contribution is -0.129. The van der Waals surface area contributed by atoms with E-state index in [2.05, 4.69) is 26.7 Å². The van der Waals surface area contributed by atoms with Crippen LogP contribution in [0.1, 0.15) is 44.6 Å². The van der Waals surface area contributed by atoms with Gasteiger partial charge in [0.2, 0.25) is 11.8 Å². The molecule has 0 saturated carbocycles. The number of hydrogen-bond donors (Lipinski definition) is 4. The monoisotopic (exact) mass is 347 g/mol. The molecule has 0 aliphatic heterocycles. The third-order valence-corrected chi connectivity index (χ3v) is 4.11. The smallest absolute Gasteiger partial charge is 0.251 e. The molecule has 3 amide bonds. The first-order valence-corrected chi connectivity index (χ1v) is 7.84. The molecule has 0 spiro atoms. The van der Waals surface area contributed by atoms with Gasteiger partial charge in [-0.05, 0) is 49.9 Å². The SMILES string of the molecule is CNNC(=O)CC(=O)N/N=C/c1c(C)c(C)c(C(=O)NC)c(C)c1C. The maximum absolute atomic E-state index is 12.1. The summed E-state index contributed by atoms with van der Waals surface area (Å²) in [6, 6.07) is 0. The molecule has 25 heavy (non-hydrogen) atoms. The number of hydrazone groups is 1. The van der Waals surface area contributed by atoms with Crippen molar-refractivity contribution in [2.24, 2.45) is 5.10 Å². The van der Waals surface area contributed by atoms with Gasteiger partial charge < -0.3 is 5.32 Å². The molecule has 0 aromatic heterocycles. The Kier molecular flexibility index (Phi) is 7.25. The predicted molar refractivity (Wildman–Crippen MR) is 96.3 cm³/mol. The Morgan fingerprint density at radius 1 is 0.920 bits per heavy atom. The van der Waals surface area contributed by atoms with Crippen LogP contribution in [0.3, 0.4) is 0 Å². The number of hydrazine groups is 1. The summed E-state index contributed by atoms with van der Waals surface area (Å²) in [4.78, 5) is 35.0. The molecule has 1 aromatic carbocycles. The number of carbonyl (C=O) groups is 3. The van der Waals surface area contributed by atoms with Gasteiger partial charge in [0.15, 0.2) is 0 Å². The lowest BCUT2D eigenvalue weighted by atomic mass is 9.89. The second kappa shape index (κ2) is 8.93. The first-order chi connectivity index (χ1) is 11.7. The fraction of sp³-hybridized carbons (Fsp3) is 0.412. The van der Waals surface area contributed by atoms with Crippen molar-refractivity contribution in [2.45, 2.75) is 34.1 Å². The largest absolute Gasteiger partial charge is 0.355 e. The number of nitrogens with zero attached hydrogens (tertiary/aromatic N) is 1. The molecular formula is C17H25N5O3. The predicted octanol–water partition coefficient (Wildman–Crippen LogP) is 0.371. The Labute approximate surface area is 147 Å². The Morgan fingerprint density at radius 2 is 1.48 bits per heavy atom. The highest BCUT2D eigenvalue weighted by molar-refractivity contribution is 6.00. The second-order valence-corrected chi connectivity index (χ2v) is 5.64. The maximum Gasteiger partial charge on any atom is 0.251 e. The van der Waals surface area contributed by atoms with Crippen molar-refractivity contribution in [3.8, 4) is 0 Å². The highest BCUT2D eigenvalue weighted by Crippen LogP contribution is 2.25. The minimum Gasteiger partial charge on any atom is -0.355 e. The summed E-state index contributed by atoms with van der Waals surface area (Å²) in [5.41, 5.74) is 12.1. The van der Waals surface area contributed by atoms with Gasteiger partial charge in [-0.2, -0.15) is 5.10 Å². The van der Waals surface area contributed by atoms with Crippen LogP contribution in [-0.2, 0) is 9.59 Å². The van der Waals surface area contributed by atoms with Crippen molar-refractivity contribution in [3.05, 3.63) is 33.4 Å². The number of carbonyl (C=O) groups excluding carboxylic acids is 3. The summed E-state index contributed by atoms with van der Waals surface area (Å²) in [5.74, 6) is -1.10. The van der Waals surface area contributed by atoms with E-state index < -0.39 is 11.8 Å². The van der Waals surface area contributed by atoms with Crippen LogP contribution in [0.5, 0.6) is 0 Å². The number of nitrogens with one attached hydrogen (secondary N) is 4. The molecule has 0 aliphatic carbocycles. The van der Waals surface area contributed by atoms with Crippen LogP contribution in [0.2, 0.25) is 0 Å². The Bertz CT molecular complexity index is 696. The van der Waals surface area contributed by atoms with E-state index in [9.17, 15) is 14.4 Å². The minimum absolute atomic E-state index is 0.131. The Hall–Kier alpha value is -2.74. The van der Waals surface area contributed by atoms with Crippen LogP contribution in [0.15, 0.2) is 5.10 Å². The van der Waals surface area contributed by atoms with Crippen LogP contribution in [0.25, 0.3) is 0 Å². The molecule has 4 N–H and O–H groups in total. The van der Waals surface area contributed by atoms with E-state index in [0.29, 0.717) is 5.56 Å². The van der Waals surface area contributed by atoms with Crippen molar-refractivity contribution in [1.82, 2.24) is 21.6 Å². The molecule has 0 radical (unpaired) electrons. The van der Waals surface area contributed by atoms with Crippen LogP contribution in [0.4, 0.5) is 0 Å². The average Bonchev–Trinajstić information content (AvgIpc) is 2.56. The lowest BCUT2D eigenvalue weighted by Crippen LogP contribution is -2.37. The third kappa shape index (κ3) is 4.87. The third-order valence-electron chi connectivity index (χ3n) is 4.11. The highest BCUT2D eigenvalue weighted by Gasteiger charge is 2.18. The van der Waals surface area contributed by atoms with Crippen molar-refractivity contribution in [2.75, 3.05) is 14.1 Å². The molecule has 0 atom stereocenters. The zero-order valence-electron chi connectivity index (χ0n) is 15.5. The summed E-state index contributed by atoms with van der Waals surface area (Å²) in [6.07, 6.45) is 1.20. The van der Waals surface area contributed by atoms with Crippen molar-refractivity contribution < 1.29 is 14.4 Å². The van der Waals surface area contributed by atoms with E-state index in [-0.39, 0.29) is 12.3 Å². The molecule has 0 heterocycles. The van der Waals surface area contributed by atoms with Gasteiger partial charge in [0.05, 0.1) is 6.21 Å². The molecule has 8 heteroatoms. The molecule has 0 saturated heterocycles. The van der Waals surface area contributed by atoms with Gasteiger partial charge in [0.25, 0.3) is 5.91 Å². The van der Waals surface area contributed by atoms with Gasteiger partial charge in [-0.25, -0.2) is 10.9 Å². The molecule has 8 nitrogen and oxygen atoms in total. The Morgan fingerprint density at radius 3 is 1.96 bits per heavy atom. The van der Waals surface area contributed by atoms with Gasteiger partial charge >= 0.3 is 0 Å². The molecular weight excluding hydrogens is 322 g/mol. The van der Waals surface area contributed by atoms with Crippen LogP contribution >= 0.6 is 0 Å². The van der Waals surface area contributed by atoms with Gasteiger partial charge in [-0.1, -0.05) is 0 Å². The number of rotatable bonds is 6. The van der Waals surface area contributed by atoms with E-state index in [4.69, 9.17) is 0 Å². The zero-order chi connectivity index (χ0) is 19.1. The van der Waals surface area contributed by atoms with Gasteiger partial charge in [0.1, 0.15) is 6.42 Å². The van der Waals surface area contributed by atoms with Gasteiger partial charge in [-0.3, -0.25) is 19.8 Å². The summed E-state index contributed by atoms with van der Waals surface area (Å²) in [7, 11) is 3.13. The maximum atomic E-state index is 12.1. The quantitative estimate of drug-likeness (QED) is 0.338. The van der Waals surface area contributed by atoms with E-state index >= 15 is 0 Å². The van der Waals surface area contributed by atoms with Crippen molar-refractivity contribution >= 4 is 23.9 Å². The zero-order valence-corrected chi connectivity index (χ0v) is 15.5. The van der Waals surface area contributed by atoms with E-state index in [1.165, 1.54) is 13.3 Å². The van der Waals surface area contributed by atoms with Gasteiger partial charge in [-0.15, -0.1) is 0 Å². The van der Waals surface area contributed by atoms with E-state index in [1.54, 1.807) is 7.05 Å². The molecule has 1 rings (SSSR count). The number of benzene rings is 1. The second-order valence-electron chi connectivity index (χ2n) is 5.64. The first-order valence-electron chi connectivity index (χ1n) is 7.84.